The molecule has 0 fully saturated rings. The van der Waals surface area contributed by atoms with Crippen LogP contribution >= 0.6 is 11.6 Å². The second-order valence-electron chi connectivity index (χ2n) is 5.59. The predicted molar refractivity (Wildman–Crippen MR) is 84.2 cm³/mol. The van der Waals surface area contributed by atoms with E-state index in [2.05, 4.69) is 10.5 Å². The number of unbranched alkanes of at least 4 members (excludes halogenated alkanes) is 1. The van der Waals surface area contributed by atoms with Crippen LogP contribution in [0.5, 0.6) is 0 Å². The fourth-order valence-corrected chi connectivity index (χ4v) is 2.15. The fourth-order valence-electron chi connectivity index (χ4n) is 1.95. The molecule has 0 aromatic heterocycles. The van der Waals surface area contributed by atoms with Gasteiger partial charge in [-0.3, -0.25) is 0 Å². The number of benzene rings is 1. The Morgan fingerprint density at radius 1 is 1.35 bits per heavy atom. The Bertz CT molecular complexity index is 446. The Kier molecular flexibility index (Phi) is 6.82. The van der Waals surface area contributed by atoms with Crippen molar-refractivity contribution in [1.82, 2.24) is 5.32 Å². The summed E-state index contributed by atoms with van der Waals surface area (Å²) in [6, 6.07) is 7.85. The SMILES string of the molecule is CC(C)(CCCCNCc1ccccc1Cl)/C(N)=N/O. The summed E-state index contributed by atoms with van der Waals surface area (Å²) < 4.78 is 0. The Labute approximate surface area is 126 Å². The molecule has 0 radical (unpaired) electrons. The molecular weight excluding hydrogens is 274 g/mol. The second kappa shape index (κ2) is 8.12. The first-order valence-corrected chi connectivity index (χ1v) is 7.27. The highest BCUT2D eigenvalue weighted by molar-refractivity contribution is 6.31. The molecule has 0 saturated heterocycles. The predicted octanol–water partition coefficient (Wildman–Crippen LogP) is 3.37. The Morgan fingerprint density at radius 2 is 2.05 bits per heavy atom. The average molecular weight is 298 g/mol. The maximum absolute atomic E-state index is 8.70. The van der Waals surface area contributed by atoms with Gasteiger partial charge in [0.15, 0.2) is 0 Å². The zero-order valence-electron chi connectivity index (χ0n) is 12.2. The van der Waals surface area contributed by atoms with Crippen LogP contribution in [0, 0.1) is 5.41 Å². The van der Waals surface area contributed by atoms with Crippen LogP contribution in [0.2, 0.25) is 5.02 Å². The highest BCUT2D eigenvalue weighted by atomic mass is 35.5. The van der Waals surface area contributed by atoms with E-state index in [1.165, 1.54) is 0 Å². The molecule has 1 rings (SSSR count). The fraction of sp³-hybridized carbons (Fsp3) is 0.533. The summed E-state index contributed by atoms with van der Waals surface area (Å²) in [6.45, 7) is 5.68. The summed E-state index contributed by atoms with van der Waals surface area (Å²) in [5, 5.41) is 16.0. The molecule has 1 aromatic rings. The summed E-state index contributed by atoms with van der Waals surface area (Å²) >= 11 is 6.08. The molecule has 0 aliphatic heterocycles. The lowest BCUT2D eigenvalue weighted by molar-refractivity contribution is 0.304. The highest BCUT2D eigenvalue weighted by Gasteiger charge is 2.22. The van der Waals surface area contributed by atoms with Crippen LogP contribution in [0.4, 0.5) is 0 Å². The zero-order valence-corrected chi connectivity index (χ0v) is 13.0. The lowest BCUT2D eigenvalue weighted by Gasteiger charge is -2.22. The zero-order chi connectivity index (χ0) is 15.0. The maximum atomic E-state index is 8.70. The van der Waals surface area contributed by atoms with Crippen molar-refractivity contribution >= 4 is 17.4 Å². The van der Waals surface area contributed by atoms with Crippen LogP contribution in [-0.4, -0.2) is 17.6 Å². The van der Waals surface area contributed by atoms with Crippen molar-refractivity contribution in [1.29, 1.82) is 0 Å². The number of amidine groups is 1. The van der Waals surface area contributed by atoms with E-state index in [0.29, 0.717) is 5.84 Å². The van der Waals surface area contributed by atoms with Crippen LogP contribution in [0.25, 0.3) is 0 Å². The van der Waals surface area contributed by atoms with Crippen molar-refractivity contribution in [3.05, 3.63) is 34.9 Å². The van der Waals surface area contributed by atoms with E-state index in [1.54, 1.807) is 0 Å². The van der Waals surface area contributed by atoms with Crippen LogP contribution < -0.4 is 11.1 Å². The smallest absolute Gasteiger partial charge is 0.144 e. The first-order valence-electron chi connectivity index (χ1n) is 6.89. The number of oxime groups is 1. The van der Waals surface area contributed by atoms with Gasteiger partial charge in [-0.1, -0.05) is 55.2 Å². The number of hydrogen-bond donors (Lipinski definition) is 3. The third-order valence-electron chi connectivity index (χ3n) is 3.48. The number of halogens is 1. The van der Waals surface area contributed by atoms with Crippen LogP contribution in [0.1, 0.15) is 38.7 Å². The van der Waals surface area contributed by atoms with Crippen LogP contribution in [-0.2, 0) is 6.54 Å². The van der Waals surface area contributed by atoms with Gasteiger partial charge >= 0.3 is 0 Å². The van der Waals surface area contributed by atoms with Crippen molar-refractivity contribution in [2.24, 2.45) is 16.3 Å². The molecule has 0 aliphatic rings. The number of nitrogens with one attached hydrogen (secondary N) is 1. The van der Waals surface area contributed by atoms with Gasteiger partial charge in [-0.25, -0.2) is 0 Å². The molecule has 112 valence electrons. The number of rotatable bonds is 8. The van der Waals surface area contributed by atoms with Crippen molar-refractivity contribution in [3.63, 3.8) is 0 Å². The van der Waals surface area contributed by atoms with E-state index < -0.39 is 0 Å². The molecule has 0 atom stereocenters. The summed E-state index contributed by atoms with van der Waals surface area (Å²) in [5.74, 6) is 0.293. The van der Waals surface area contributed by atoms with Crippen molar-refractivity contribution in [2.75, 3.05) is 6.54 Å². The van der Waals surface area contributed by atoms with E-state index in [0.717, 1.165) is 42.9 Å². The summed E-state index contributed by atoms with van der Waals surface area (Å²) in [7, 11) is 0. The third-order valence-corrected chi connectivity index (χ3v) is 3.85. The second-order valence-corrected chi connectivity index (χ2v) is 6.00. The minimum absolute atomic E-state index is 0.252. The largest absolute Gasteiger partial charge is 0.409 e. The molecule has 0 aliphatic carbocycles. The third kappa shape index (κ3) is 5.39. The summed E-state index contributed by atoms with van der Waals surface area (Å²) in [5.41, 5.74) is 6.52. The molecule has 4 nitrogen and oxygen atoms in total. The normalized spacial score (nSPS) is 12.7. The molecule has 0 unspecified atom stereocenters. The average Bonchev–Trinajstić information content (AvgIpc) is 2.43. The Balaban J connectivity index is 2.19. The topological polar surface area (TPSA) is 70.6 Å². The number of hydrogen-bond acceptors (Lipinski definition) is 3. The van der Waals surface area contributed by atoms with Gasteiger partial charge in [0.25, 0.3) is 0 Å². The molecule has 0 bridgehead atoms. The van der Waals surface area contributed by atoms with E-state index >= 15 is 0 Å². The molecule has 4 N–H and O–H groups in total. The molecule has 0 spiro atoms. The lowest BCUT2D eigenvalue weighted by Crippen LogP contribution is -2.32. The van der Waals surface area contributed by atoms with Crippen molar-refractivity contribution in [2.45, 2.75) is 39.7 Å². The monoisotopic (exact) mass is 297 g/mol. The van der Waals surface area contributed by atoms with Gasteiger partial charge < -0.3 is 16.3 Å². The first-order chi connectivity index (χ1) is 9.47. The summed E-state index contributed by atoms with van der Waals surface area (Å²) in [4.78, 5) is 0. The van der Waals surface area contributed by atoms with Gasteiger partial charge in [-0.05, 0) is 31.0 Å². The number of nitrogens with zero attached hydrogens (tertiary/aromatic N) is 1. The Hall–Kier alpha value is -1.26. The van der Waals surface area contributed by atoms with E-state index in [-0.39, 0.29) is 5.41 Å². The molecule has 0 amide bonds. The van der Waals surface area contributed by atoms with E-state index in [9.17, 15) is 0 Å². The minimum atomic E-state index is -0.252. The van der Waals surface area contributed by atoms with Gasteiger partial charge in [0.2, 0.25) is 0 Å². The molecule has 0 heterocycles. The molecule has 1 aromatic carbocycles. The van der Waals surface area contributed by atoms with Crippen molar-refractivity contribution in [3.8, 4) is 0 Å². The van der Waals surface area contributed by atoms with Gasteiger partial charge in [-0.2, -0.15) is 0 Å². The lowest BCUT2D eigenvalue weighted by atomic mass is 9.86. The number of nitrogens with two attached hydrogens (primary N) is 1. The van der Waals surface area contributed by atoms with Crippen molar-refractivity contribution < 1.29 is 5.21 Å². The molecular formula is C15H24ClN3O. The van der Waals surface area contributed by atoms with Gasteiger partial charge in [0.1, 0.15) is 5.84 Å². The molecule has 0 saturated carbocycles. The van der Waals surface area contributed by atoms with Gasteiger partial charge in [0, 0.05) is 17.0 Å². The molecule has 5 heteroatoms. The molecule has 20 heavy (non-hydrogen) atoms. The quantitative estimate of drug-likeness (QED) is 0.226. The minimum Gasteiger partial charge on any atom is -0.409 e. The summed E-state index contributed by atoms with van der Waals surface area (Å²) in [6.07, 6.45) is 2.97. The standard InChI is InChI=1S/C15H24ClN3O/c1-15(2,14(17)19-20)9-5-6-10-18-11-12-7-3-4-8-13(12)16/h3-4,7-8,18,20H,5-6,9-11H2,1-2H3,(H2,17,19). The maximum Gasteiger partial charge on any atom is 0.144 e. The van der Waals surface area contributed by atoms with Gasteiger partial charge in [-0.15, -0.1) is 0 Å². The first kappa shape index (κ1) is 16.8. The van der Waals surface area contributed by atoms with Crippen LogP contribution in [0.15, 0.2) is 29.4 Å². The highest BCUT2D eigenvalue weighted by Crippen LogP contribution is 2.23. The Morgan fingerprint density at radius 3 is 2.70 bits per heavy atom. The van der Waals surface area contributed by atoms with E-state index in [1.807, 2.05) is 38.1 Å². The van der Waals surface area contributed by atoms with Crippen LogP contribution in [0.3, 0.4) is 0 Å². The van der Waals surface area contributed by atoms with E-state index in [4.69, 9.17) is 22.5 Å². The van der Waals surface area contributed by atoms with Gasteiger partial charge in [0.05, 0.1) is 0 Å².